The van der Waals surface area contributed by atoms with Crippen molar-refractivity contribution in [3.8, 4) is 11.5 Å². The monoisotopic (exact) mass is 472 g/mol. The van der Waals surface area contributed by atoms with Crippen LogP contribution in [0, 0.1) is 11.8 Å². The van der Waals surface area contributed by atoms with Gasteiger partial charge in [-0.25, -0.2) is 0 Å². The van der Waals surface area contributed by atoms with Gasteiger partial charge >= 0.3 is 0 Å². The summed E-state index contributed by atoms with van der Waals surface area (Å²) in [4.78, 5) is 28.2. The van der Waals surface area contributed by atoms with Crippen molar-refractivity contribution in [3.05, 3.63) is 34.9 Å². The van der Waals surface area contributed by atoms with Crippen LogP contribution in [-0.4, -0.2) is 77.1 Å². The van der Waals surface area contributed by atoms with Crippen LogP contribution in [0.25, 0.3) is 0 Å². The van der Waals surface area contributed by atoms with Crippen molar-refractivity contribution in [2.75, 3.05) is 26.8 Å². The number of methoxy groups -OCH3 is 1. The van der Waals surface area contributed by atoms with E-state index in [1.165, 1.54) is 7.11 Å². The number of nitrogens with zero attached hydrogens (tertiary/aromatic N) is 1. The summed E-state index contributed by atoms with van der Waals surface area (Å²) in [5.74, 6) is 0.294. The van der Waals surface area contributed by atoms with E-state index in [0.29, 0.717) is 40.7 Å². The molecule has 1 aliphatic heterocycles. The lowest BCUT2D eigenvalue weighted by Gasteiger charge is -2.41. The molecule has 0 unspecified atom stereocenters. The zero-order chi connectivity index (χ0) is 24.0. The maximum Gasteiger partial charge on any atom is 0.247 e. The fourth-order valence-corrected chi connectivity index (χ4v) is 5.12. The second-order valence-electron chi connectivity index (χ2n) is 9.73. The first kappa shape index (κ1) is 23.1. The van der Waals surface area contributed by atoms with E-state index in [4.69, 9.17) is 9.47 Å². The molecule has 2 saturated carbocycles. The molecule has 2 fully saturated rings. The number of hydrogen-bond acceptors (Lipinski definition) is 7. The predicted octanol–water partition coefficient (Wildman–Crippen LogP) is 0.459. The van der Waals surface area contributed by atoms with E-state index in [2.05, 4.69) is 5.32 Å². The molecule has 1 heterocycles. The van der Waals surface area contributed by atoms with E-state index in [-0.39, 0.29) is 37.5 Å². The highest BCUT2D eigenvalue weighted by molar-refractivity contribution is 5.96. The van der Waals surface area contributed by atoms with E-state index in [1.54, 1.807) is 23.1 Å². The van der Waals surface area contributed by atoms with Gasteiger partial charge in [0.15, 0.2) is 11.5 Å². The van der Waals surface area contributed by atoms with Crippen LogP contribution in [0.5, 0.6) is 11.5 Å². The molecule has 184 valence electrons. The SMILES string of the molecule is COc1cc(CO)cc2c1O[C@@H]1[C@@H](O)[C@H](N(CC3CC3)C(=O)C3CC3)C=C(C(=O)NCCO)[C@H]21. The maximum atomic E-state index is 13.2. The van der Waals surface area contributed by atoms with Gasteiger partial charge in [0.25, 0.3) is 0 Å². The predicted molar refractivity (Wildman–Crippen MR) is 121 cm³/mol. The summed E-state index contributed by atoms with van der Waals surface area (Å²) in [6, 6.07) is 2.74. The van der Waals surface area contributed by atoms with Crippen LogP contribution in [0.4, 0.5) is 0 Å². The number of ether oxygens (including phenoxy) is 2. The highest BCUT2D eigenvalue weighted by Crippen LogP contribution is 2.52. The number of hydrogen-bond donors (Lipinski definition) is 4. The van der Waals surface area contributed by atoms with Crippen molar-refractivity contribution in [2.45, 2.75) is 56.5 Å². The Morgan fingerprint density at radius 3 is 2.59 bits per heavy atom. The number of amides is 2. The Bertz CT molecular complexity index is 1000. The van der Waals surface area contributed by atoms with Gasteiger partial charge in [0.1, 0.15) is 12.2 Å². The first-order chi connectivity index (χ1) is 16.5. The summed E-state index contributed by atoms with van der Waals surface area (Å²) < 4.78 is 11.7. The molecule has 4 N–H and O–H groups in total. The van der Waals surface area contributed by atoms with Gasteiger partial charge in [-0.1, -0.05) is 0 Å². The lowest BCUT2D eigenvalue weighted by Crippen LogP contribution is -2.56. The minimum Gasteiger partial charge on any atom is -0.493 e. The Morgan fingerprint density at radius 2 is 1.97 bits per heavy atom. The number of carbonyl (C=O) groups excluding carboxylic acids is 2. The molecule has 4 aliphatic rings. The van der Waals surface area contributed by atoms with E-state index in [9.17, 15) is 24.9 Å². The van der Waals surface area contributed by atoms with Crippen LogP contribution in [0.1, 0.15) is 42.7 Å². The molecule has 5 rings (SSSR count). The van der Waals surface area contributed by atoms with Crippen molar-refractivity contribution in [1.29, 1.82) is 0 Å². The summed E-state index contributed by atoms with van der Waals surface area (Å²) in [6.45, 7) is 0.221. The number of rotatable bonds is 9. The summed E-state index contributed by atoms with van der Waals surface area (Å²) >= 11 is 0. The number of nitrogens with one attached hydrogen (secondary N) is 1. The van der Waals surface area contributed by atoms with Crippen LogP contribution < -0.4 is 14.8 Å². The molecule has 3 aliphatic carbocycles. The third-order valence-corrected chi connectivity index (χ3v) is 7.22. The molecule has 1 aromatic rings. The molecule has 0 bridgehead atoms. The van der Waals surface area contributed by atoms with Crippen LogP contribution in [0.3, 0.4) is 0 Å². The lowest BCUT2D eigenvalue weighted by atomic mass is 9.77. The highest BCUT2D eigenvalue weighted by Gasteiger charge is 2.52. The second-order valence-corrected chi connectivity index (χ2v) is 9.73. The average molecular weight is 473 g/mol. The molecule has 1 aromatic carbocycles. The van der Waals surface area contributed by atoms with Crippen molar-refractivity contribution in [3.63, 3.8) is 0 Å². The zero-order valence-electron chi connectivity index (χ0n) is 19.3. The molecule has 0 radical (unpaired) electrons. The standard InChI is InChI=1S/C25H32N2O7/c1-33-19-9-14(12-29)8-16-20-17(24(31)26-6-7-28)10-18(21(30)23(20)34-22(16)19)27(11-13-2-3-13)25(32)15-4-5-15/h8-10,13,15,18,20-21,23,28-30H,2-7,11-12H2,1H3,(H,26,31)/t18-,20+,21+,23+/m1/s1. The Kier molecular flexibility index (Phi) is 6.26. The van der Waals surface area contributed by atoms with Gasteiger partial charge < -0.3 is 35.0 Å². The van der Waals surface area contributed by atoms with Gasteiger partial charge in [-0.2, -0.15) is 0 Å². The molecule has 2 amide bonds. The van der Waals surface area contributed by atoms with Gasteiger partial charge in [-0.15, -0.1) is 0 Å². The van der Waals surface area contributed by atoms with Gasteiger partial charge in [0.2, 0.25) is 11.8 Å². The molecule has 9 nitrogen and oxygen atoms in total. The minimum absolute atomic E-state index is 0.0161. The smallest absolute Gasteiger partial charge is 0.247 e. The van der Waals surface area contributed by atoms with Crippen LogP contribution in [-0.2, 0) is 16.2 Å². The van der Waals surface area contributed by atoms with E-state index < -0.39 is 24.2 Å². The summed E-state index contributed by atoms with van der Waals surface area (Å²) in [7, 11) is 1.50. The van der Waals surface area contributed by atoms with Crippen molar-refractivity contribution in [1.82, 2.24) is 10.2 Å². The molecule has 0 aromatic heterocycles. The van der Waals surface area contributed by atoms with Crippen LogP contribution in [0.2, 0.25) is 0 Å². The van der Waals surface area contributed by atoms with Crippen molar-refractivity contribution < 1.29 is 34.4 Å². The Hall–Kier alpha value is -2.62. The Balaban J connectivity index is 1.57. The first-order valence-corrected chi connectivity index (χ1v) is 12.0. The van der Waals surface area contributed by atoms with E-state index in [1.807, 2.05) is 0 Å². The summed E-state index contributed by atoms with van der Waals surface area (Å²) in [5, 5.41) is 33.2. The number of carbonyl (C=O) groups is 2. The molecule has 0 spiro atoms. The quantitative estimate of drug-likeness (QED) is 0.411. The topological polar surface area (TPSA) is 129 Å². The van der Waals surface area contributed by atoms with Crippen molar-refractivity contribution in [2.24, 2.45) is 11.8 Å². The van der Waals surface area contributed by atoms with Gasteiger partial charge in [0, 0.05) is 30.1 Å². The average Bonchev–Trinajstić information content (AvgIpc) is 3.78. The fourth-order valence-electron chi connectivity index (χ4n) is 5.12. The molecular formula is C25H32N2O7. The highest BCUT2D eigenvalue weighted by atomic mass is 16.5. The first-order valence-electron chi connectivity index (χ1n) is 12.0. The van der Waals surface area contributed by atoms with Gasteiger partial charge in [0.05, 0.1) is 32.3 Å². The third kappa shape index (κ3) is 4.16. The van der Waals surface area contributed by atoms with E-state index >= 15 is 0 Å². The number of aliphatic hydroxyl groups excluding tert-OH is 3. The summed E-state index contributed by atoms with van der Waals surface area (Å²) in [6.07, 6.45) is 3.68. The normalized spacial score (nSPS) is 27.2. The number of fused-ring (bicyclic) bond motifs is 3. The number of benzene rings is 1. The third-order valence-electron chi connectivity index (χ3n) is 7.22. The van der Waals surface area contributed by atoms with E-state index in [0.717, 1.165) is 25.7 Å². The largest absolute Gasteiger partial charge is 0.493 e. The molecule has 34 heavy (non-hydrogen) atoms. The Morgan fingerprint density at radius 1 is 1.21 bits per heavy atom. The van der Waals surface area contributed by atoms with Crippen molar-refractivity contribution >= 4 is 11.8 Å². The van der Waals surface area contributed by atoms with Gasteiger partial charge in [-0.3, -0.25) is 9.59 Å². The van der Waals surface area contributed by atoms with Crippen LogP contribution >= 0.6 is 0 Å². The second kappa shape index (κ2) is 9.20. The van der Waals surface area contributed by atoms with Crippen LogP contribution in [0.15, 0.2) is 23.8 Å². The fraction of sp³-hybridized carbons (Fsp3) is 0.600. The Labute approximate surface area is 198 Å². The van der Waals surface area contributed by atoms with Gasteiger partial charge in [-0.05, 0) is 55.4 Å². The molecule has 0 saturated heterocycles. The zero-order valence-corrected chi connectivity index (χ0v) is 19.3. The summed E-state index contributed by atoms with van der Waals surface area (Å²) in [5.41, 5.74) is 1.64. The molecular weight excluding hydrogens is 440 g/mol. The number of aliphatic hydroxyl groups is 3. The molecule has 4 atom stereocenters. The molecule has 9 heteroatoms. The lowest BCUT2D eigenvalue weighted by molar-refractivity contribution is -0.138. The maximum absolute atomic E-state index is 13.2. The minimum atomic E-state index is -1.05.